The quantitative estimate of drug-likeness (QED) is 0.666. The first-order valence-electron chi connectivity index (χ1n) is 5.67. The molecular weight excluding hydrogens is 254 g/mol. The van der Waals surface area contributed by atoms with E-state index in [0.717, 1.165) is 6.42 Å². The molecule has 96 valence electrons. The van der Waals surface area contributed by atoms with E-state index >= 15 is 0 Å². The van der Waals surface area contributed by atoms with E-state index in [1.54, 1.807) is 18.2 Å². The molecule has 0 atom stereocenters. The molecule has 18 heavy (non-hydrogen) atoms. The molecule has 0 saturated carbocycles. The van der Waals surface area contributed by atoms with Gasteiger partial charge in [0, 0.05) is 12.3 Å². The highest BCUT2D eigenvalue weighted by Crippen LogP contribution is 2.31. The van der Waals surface area contributed by atoms with E-state index in [-0.39, 0.29) is 0 Å². The lowest BCUT2D eigenvalue weighted by molar-refractivity contribution is 0.114. The fraction of sp³-hybridized carbons (Fsp3) is 0.333. The Morgan fingerprint density at radius 2 is 2.28 bits per heavy atom. The monoisotopic (exact) mass is 267 g/mol. The summed E-state index contributed by atoms with van der Waals surface area (Å²) in [6.45, 7) is 3.02. The summed E-state index contributed by atoms with van der Waals surface area (Å²) in [7, 11) is 0. The van der Waals surface area contributed by atoms with Crippen LogP contribution in [0.4, 0.5) is 5.69 Å². The summed E-state index contributed by atoms with van der Waals surface area (Å²) < 4.78 is 10.5. The second kappa shape index (κ2) is 5.84. The summed E-state index contributed by atoms with van der Waals surface area (Å²) in [5.41, 5.74) is 6.91. The molecular formula is C12H14ClN3O2. The minimum Gasteiger partial charge on any atom is -0.398 e. The summed E-state index contributed by atoms with van der Waals surface area (Å²) in [6.07, 6.45) is 0.947. The van der Waals surface area contributed by atoms with Gasteiger partial charge in [0.05, 0.1) is 10.6 Å². The zero-order valence-corrected chi connectivity index (χ0v) is 10.8. The van der Waals surface area contributed by atoms with Crippen LogP contribution in [0.25, 0.3) is 11.5 Å². The maximum absolute atomic E-state index is 6.06. The summed E-state index contributed by atoms with van der Waals surface area (Å²) in [5.74, 6) is 0.797. The van der Waals surface area contributed by atoms with Gasteiger partial charge in [-0.1, -0.05) is 29.7 Å². The molecule has 1 aromatic heterocycles. The number of nitrogens with two attached hydrogens (primary N) is 1. The fourth-order valence-electron chi connectivity index (χ4n) is 1.49. The van der Waals surface area contributed by atoms with Gasteiger partial charge in [0.2, 0.25) is 0 Å². The molecule has 0 spiro atoms. The van der Waals surface area contributed by atoms with Crippen molar-refractivity contribution in [1.82, 2.24) is 10.1 Å². The molecule has 0 radical (unpaired) electrons. The van der Waals surface area contributed by atoms with Crippen LogP contribution in [0.1, 0.15) is 19.2 Å². The van der Waals surface area contributed by atoms with Crippen LogP contribution >= 0.6 is 11.6 Å². The first kappa shape index (κ1) is 12.9. The molecule has 0 saturated heterocycles. The number of benzene rings is 1. The zero-order chi connectivity index (χ0) is 13.0. The van der Waals surface area contributed by atoms with Crippen molar-refractivity contribution in [1.29, 1.82) is 0 Å². The van der Waals surface area contributed by atoms with Gasteiger partial charge in [-0.3, -0.25) is 0 Å². The number of anilines is 1. The molecule has 5 nitrogen and oxygen atoms in total. The first-order valence-corrected chi connectivity index (χ1v) is 6.05. The lowest BCUT2D eigenvalue weighted by Crippen LogP contribution is -1.96. The average molecular weight is 268 g/mol. The normalized spacial score (nSPS) is 10.8. The number of rotatable bonds is 5. The first-order chi connectivity index (χ1) is 8.72. The number of nitrogen functional groups attached to an aromatic ring is 1. The molecule has 2 aromatic rings. The van der Waals surface area contributed by atoms with Crippen LogP contribution < -0.4 is 5.73 Å². The minimum atomic E-state index is 0.313. The van der Waals surface area contributed by atoms with Crippen molar-refractivity contribution in [2.75, 3.05) is 12.3 Å². The molecule has 6 heteroatoms. The molecule has 0 bridgehead atoms. The molecule has 0 fully saturated rings. The van der Waals surface area contributed by atoms with E-state index in [4.69, 9.17) is 26.6 Å². The summed E-state index contributed by atoms with van der Waals surface area (Å²) in [6, 6.07) is 5.23. The molecule has 2 rings (SSSR count). The third kappa shape index (κ3) is 2.80. The number of ether oxygens (including phenoxy) is 1. The van der Waals surface area contributed by atoms with Gasteiger partial charge in [-0.25, -0.2) is 0 Å². The van der Waals surface area contributed by atoms with Gasteiger partial charge in [-0.2, -0.15) is 4.98 Å². The summed E-state index contributed by atoms with van der Waals surface area (Å²) >= 11 is 6.06. The van der Waals surface area contributed by atoms with E-state index in [9.17, 15) is 0 Å². The van der Waals surface area contributed by atoms with Crippen molar-refractivity contribution in [2.24, 2.45) is 0 Å². The Morgan fingerprint density at radius 3 is 3.00 bits per heavy atom. The van der Waals surface area contributed by atoms with Gasteiger partial charge < -0.3 is 15.0 Å². The third-order valence-corrected chi connectivity index (χ3v) is 2.62. The lowest BCUT2D eigenvalue weighted by Gasteiger charge is -2.01. The maximum atomic E-state index is 6.06. The molecule has 0 aliphatic carbocycles. The zero-order valence-electron chi connectivity index (χ0n) is 10.0. The number of hydrogen-bond acceptors (Lipinski definition) is 5. The summed E-state index contributed by atoms with van der Waals surface area (Å²) in [5, 5.41) is 4.31. The maximum Gasteiger partial charge on any atom is 0.261 e. The van der Waals surface area contributed by atoms with E-state index in [2.05, 4.69) is 10.1 Å². The Balaban J connectivity index is 2.19. The van der Waals surface area contributed by atoms with Crippen molar-refractivity contribution in [2.45, 2.75) is 20.0 Å². The number of halogens is 1. The van der Waals surface area contributed by atoms with E-state index in [1.165, 1.54) is 0 Å². The predicted octanol–water partition coefficient (Wildman–Crippen LogP) is 2.90. The second-order valence-electron chi connectivity index (χ2n) is 3.77. The third-order valence-electron chi connectivity index (χ3n) is 2.31. The largest absolute Gasteiger partial charge is 0.398 e. The Kier molecular flexibility index (Phi) is 4.17. The topological polar surface area (TPSA) is 74.2 Å². The van der Waals surface area contributed by atoms with Crippen molar-refractivity contribution in [3.8, 4) is 11.5 Å². The Bertz CT molecular complexity index is 508. The van der Waals surface area contributed by atoms with E-state index in [0.29, 0.717) is 41.2 Å². The highest BCUT2D eigenvalue weighted by molar-refractivity contribution is 6.33. The van der Waals surface area contributed by atoms with Crippen molar-refractivity contribution in [3.05, 3.63) is 29.0 Å². The molecule has 1 aromatic carbocycles. The Morgan fingerprint density at radius 1 is 1.44 bits per heavy atom. The van der Waals surface area contributed by atoms with Gasteiger partial charge >= 0.3 is 0 Å². The molecule has 0 aliphatic rings. The molecule has 0 amide bonds. The van der Waals surface area contributed by atoms with Crippen LogP contribution in [-0.4, -0.2) is 16.7 Å². The molecule has 1 heterocycles. The van der Waals surface area contributed by atoms with Gasteiger partial charge in [0.1, 0.15) is 6.61 Å². The SMILES string of the molecule is CCCOCc1noc(-c2c(N)cccc2Cl)n1. The Hall–Kier alpha value is -1.59. The number of aromatic nitrogens is 2. The highest BCUT2D eigenvalue weighted by Gasteiger charge is 2.15. The van der Waals surface area contributed by atoms with Gasteiger partial charge in [-0.05, 0) is 18.6 Å². The fourth-order valence-corrected chi connectivity index (χ4v) is 1.75. The van der Waals surface area contributed by atoms with Crippen LogP contribution in [-0.2, 0) is 11.3 Å². The Labute approximate surface area is 110 Å². The van der Waals surface area contributed by atoms with Crippen LogP contribution in [0.15, 0.2) is 22.7 Å². The van der Waals surface area contributed by atoms with Crippen molar-refractivity contribution < 1.29 is 9.26 Å². The van der Waals surface area contributed by atoms with Crippen LogP contribution in [0.2, 0.25) is 5.02 Å². The van der Waals surface area contributed by atoms with Crippen molar-refractivity contribution >= 4 is 17.3 Å². The number of nitrogens with zero attached hydrogens (tertiary/aromatic N) is 2. The van der Waals surface area contributed by atoms with E-state index < -0.39 is 0 Å². The molecule has 2 N–H and O–H groups in total. The van der Waals surface area contributed by atoms with Crippen LogP contribution in [0.5, 0.6) is 0 Å². The van der Waals surface area contributed by atoms with Gasteiger partial charge in [-0.15, -0.1) is 0 Å². The highest BCUT2D eigenvalue weighted by atomic mass is 35.5. The predicted molar refractivity (Wildman–Crippen MR) is 69.1 cm³/mol. The number of hydrogen-bond donors (Lipinski definition) is 1. The lowest BCUT2D eigenvalue weighted by atomic mass is 10.2. The van der Waals surface area contributed by atoms with Crippen LogP contribution in [0.3, 0.4) is 0 Å². The molecule has 0 aliphatic heterocycles. The molecule has 0 unspecified atom stereocenters. The smallest absolute Gasteiger partial charge is 0.261 e. The summed E-state index contributed by atoms with van der Waals surface area (Å²) in [4.78, 5) is 4.21. The average Bonchev–Trinajstić information content (AvgIpc) is 2.78. The van der Waals surface area contributed by atoms with Gasteiger partial charge in [0.25, 0.3) is 5.89 Å². The van der Waals surface area contributed by atoms with E-state index in [1.807, 2.05) is 6.92 Å². The van der Waals surface area contributed by atoms with Crippen LogP contribution in [0, 0.1) is 0 Å². The second-order valence-corrected chi connectivity index (χ2v) is 4.18. The van der Waals surface area contributed by atoms with Crippen molar-refractivity contribution in [3.63, 3.8) is 0 Å². The minimum absolute atomic E-state index is 0.313. The standard InChI is InChI=1S/C12H14ClN3O2/c1-2-6-17-7-10-15-12(18-16-10)11-8(13)4-3-5-9(11)14/h3-5H,2,6-7,14H2,1H3. The van der Waals surface area contributed by atoms with Gasteiger partial charge in [0.15, 0.2) is 5.82 Å².